The first-order chi connectivity index (χ1) is 52.9. The van der Waals surface area contributed by atoms with Crippen molar-refractivity contribution in [2.24, 2.45) is 0 Å². The lowest BCUT2D eigenvalue weighted by Crippen LogP contribution is -2.64. The number of hydrogen-bond acceptors (Lipinski definition) is 16. The quantitative estimate of drug-likeness (QED) is 0.0797. The van der Waals surface area contributed by atoms with Gasteiger partial charge in [0.25, 0.3) is 0 Å². The summed E-state index contributed by atoms with van der Waals surface area (Å²) in [6, 6.07) is 14.0. The number of nitrogens with zero attached hydrogens (tertiary/aromatic N) is 4. The largest absolute Gasteiger partial charge is 0.497 e. The van der Waals surface area contributed by atoms with Crippen molar-refractivity contribution in [1.82, 2.24) is 72.4 Å². The Kier molecular flexibility index (Phi) is 29.0. The lowest BCUT2D eigenvalue weighted by Gasteiger charge is -2.37. The number of unbranched alkanes of at least 4 members (excludes halogenated alkanes) is 2. The normalized spacial score (nSPS) is 25.0. The molecule has 30 heteroatoms. The Morgan fingerprint density at radius 2 is 1.43 bits per heavy atom. The summed E-state index contributed by atoms with van der Waals surface area (Å²) in [6.07, 6.45) is 2.96. The summed E-state index contributed by atoms with van der Waals surface area (Å²) >= 11 is 0. The average molecular weight is 1520 g/mol. The number of amides is 12. The second kappa shape index (κ2) is 38.8. The predicted octanol–water partition coefficient (Wildman–Crippen LogP) is 2.07. The van der Waals surface area contributed by atoms with Crippen LogP contribution in [0.2, 0.25) is 0 Å². The Hall–Kier alpha value is -10.3. The SMILES string of the molecule is CNCCCCCC(=O)NCC1NC(=O)[C@H](C)NC(=O)CCC(=O)N2CCCCCCn3cc(c4cc(F)ccc43)C[C@@H]3NC(=O)[C@H](Cc4cccc(c4)CNC(=O)CO[C@H]4CCN(C3=O)C4C(=O)N[C@@H]([C@@H](C)O)C(=O)N[C@@H](Cc3ccc(OC)cc3)C(=O)N3CCC[C@@]3(C)C(=O)NCCc3ccc(cc3)C2)NC1=O. The molecule has 2 unspecified atom stereocenters. The smallest absolute Gasteiger partial charge is 0.246 e. The van der Waals surface area contributed by atoms with Gasteiger partial charge in [-0.1, -0.05) is 79.9 Å². The minimum atomic E-state index is -1.85. The van der Waals surface area contributed by atoms with E-state index in [-0.39, 0.29) is 90.0 Å². The van der Waals surface area contributed by atoms with Crippen molar-refractivity contribution in [2.45, 2.75) is 210 Å². The van der Waals surface area contributed by atoms with Crippen LogP contribution >= 0.6 is 0 Å². The number of methoxy groups -OCH3 is 1. The van der Waals surface area contributed by atoms with Crippen LogP contribution in [0.3, 0.4) is 0 Å². The summed E-state index contributed by atoms with van der Waals surface area (Å²) in [5, 5.41) is 40.1. The summed E-state index contributed by atoms with van der Waals surface area (Å²) in [4.78, 5) is 182. The minimum Gasteiger partial charge on any atom is -0.497 e. The molecule has 7 heterocycles. The van der Waals surface area contributed by atoms with E-state index in [2.05, 4.69) is 53.2 Å². The maximum atomic E-state index is 16.2. The zero-order chi connectivity index (χ0) is 78.6. The van der Waals surface area contributed by atoms with E-state index < -0.39 is 144 Å². The van der Waals surface area contributed by atoms with Crippen LogP contribution < -0.4 is 57.9 Å². The number of aryl methyl sites for hydroxylation is 1. The van der Waals surface area contributed by atoms with Gasteiger partial charge in [-0.05, 0) is 149 Å². The van der Waals surface area contributed by atoms with Gasteiger partial charge >= 0.3 is 0 Å². The Labute approximate surface area is 639 Å². The van der Waals surface area contributed by atoms with Gasteiger partial charge in [-0.3, -0.25) is 57.5 Å². The molecule has 12 bridgehead atoms. The van der Waals surface area contributed by atoms with Gasteiger partial charge < -0.3 is 87.0 Å². The van der Waals surface area contributed by atoms with Gasteiger partial charge in [0.2, 0.25) is 70.9 Å². The fourth-order valence-electron chi connectivity index (χ4n) is 15.0. The molecule has 4 aromatic carbocycles. The molecular weight excluding hydrogens is 1420 g/mol. The number of nitrogens with one attached hydrogen (secondary N) is 10. The van der Waals surface area contributed by atoms with Crippen molar-refractivity contribution in [3.63, 3.8) is 0 Å². The number of aromatic nitrogens is 1. The lowest BCUT2D eigenvalue weighted by molar-refractivity contribution is -0.148. The van der Waals surface area contributed by atoms with Crippen LogP contribution in [-0.4, -0.2) is 215 Å². The highest BCUT2D eigenvalue weighted by atomic mass is 19.1. The highest BCUT2D eigenvalue weighted by Crippen LogP contribution is 2.32. The Bertz CT molecular complexity index is 4140. The second-order valence-corrected chi connectivity index (χ2v) is 29.6. The van der Waals surface area contributed by atoms with Crippen LogP contribution in [0.4, 0.5) is 4.39 Å². The van der Waals surface area contributed by atoms with E-state index in [0.717, 1.165) is 29.0 Å². The standard InChI is InChI=1S/C80H105FN14O15/c1-49-72(101)90-63(45-85-66(97)17-9-8-10-33-82-4)74(103)87-60-41-54-15-13-16-55(39-54)44-84-68(99)48-110-65-31-38-94-71(65)76(105)91-70(50(2)96)75(104)89-61(40-52-22-25-58(109-5)26-23-52)78(107)95-37-14-32-80(95,3)79(108)83-34-30-51-18-20-53(21-19-51)46-93(69(100)29-28-67(98)86-49)36-12-7-6-11-35-92-47-56(42-62(77(94)106)88-73(60)102)59-43-57(81)24-27-64(59)92/h13,15-16,18-27,39,43,47,49-50,60-63,65,70-71,82,96H,6-12,14,17,28-38,40-42,44-46,48H2,1-5H3,(H,83,108)(H,84,99)(H,85,97)(H,86,98)(H,87,103)(H,88,102)(H,89,104)(H,90,101)(H,91,105)/t49-,50+,60-,61-,62-,63?,65-,70-,71?,80-/m0/s1. The summed E-state index contributed by atoms with van der Waals surface area (Å²) in [7, 11) is 3.31. The van der Waals surface area contributed by atoms with Gasteiger partial charge in [-0.15, -0.1) is 0 Å². The molecule has 0 aliphatic carbocycles. The number of hydrogen-bond donors (Lipinski definition) is 11. The zero-order valence-corrected chi connectivity index (χ0v) is 63.4. The molecule has 5 aromatic rings. The average Bonchev–Trinajstić information content (AvgIpc) is 1.23. The number of halogens is 1. The Morgan fingerprint density at radius 3 is 2.18 bits per heavy atom. The topological polar surface area (TPSA) is 378 Å². The van der Waals surface area contributed by atoms with E-state index in [1.807, 2.05) is 35.9 Å². The van der Waals surface area contributed by atoms with Gasteiger partial charge in [0.05, 0.1) is 19.3 Å². The number of rotatable bonds is 12. The number of ether oxygens (including phenoxy) is 2. The van der Waals surface area contributed by atoms with Crippen LogP contribution in [-0.2, 0) is 108 Å². The minimum absolute atomic E-state index is 0.0709. The Balaban J connectivity index is 1.08. The molecule has 6 aliphatic rings. The number of aliphatic hydroxyl groups excluding tert-OH is 1. The number of fused-ring (bicyclic) bond motifs is 16. The third kappa shape index (κ3) is 21.8. The molecule has 0 radical (unpaired) electrons. The molecule has 11 N–H and O–H groups in total. The molecule has 110 heavy (non-hydrogen) atoms. The molecule has 29 nitrogen and oxygen atoms in total. The van der Waals surface area contributed by atoms with Crippen LogP contribution in [0.1, 0.15) is 138 Å². The van der Waals surface area contributed by atoms with Gasteiger partial charge in [0, 0.05) is 108 Å². The molecule has 592 valence electrons. The maximum Gasteiger partial charge on any atom is 0.246 e. The van der Waals surface area contributed by atoms with Crippen molar-refractivity contribution in [1.29, 1.82) is 0 Å². The fraction of sp³-hybridized carbons (Fsp3) is 0.525. The lowest BCUT2D eigenvalue weighted by atomic mass is 9.95. The molecule has 0 spiro atoms. The van der Waals surface area contributed by atoms with Crippen molar-refractivity contribution in [2.75, 3.05) is 60.0 Å². The van der Waals surface area contributed by atoms with E-state index in [0.29, 0.717) is 103 Å². The molecule has 2 fully saturated rings. The third-order valence-electron chi connectivity index (χ3n) is 21.3. The zero-order valence-electron chi connectivity index (χ0n) is 63.4. The van der Waals surface area contributed by atoms with Crippen molar-refractivity contribution < 1.29 is 76.5 Å². The first-order valence-electron chi connectivity index (χ1n) is 38.4. The van der Waals surface area contributed by atoms with E-state index in [9.17, 15) is 33.9 Å². The number of carbonyl (C=O) groups is 12. The van der Waals surface area contributed by atoms with E-state index in [1.165, 1.54) is 38.0 Å². The van der Waals surface area contributed by atoms with Crippen LogP contribution in [0, 0.1) is 5.82 Å². The molecule has 11 rings (SSSR count). The molecule has 2 saturated heterocycles. The van der Waals surface area contributed by atoms with Crippen LogP contribution in [0.15, 0.2) is 97.2 Å². The molecular formula is C80H105FN14O15. The Morgan fingerprint density at radius 1 is 0.691 bits per heavy atom. The summed E-state index contributed by atoms with van der Waals surface area (Å²) in [5.41, 5.74) is 2.76. The van der Waals surface area contributed by atoms with Gasteiger partial charge in [-0.25, -0.2) is 4.39 Å². The first-order valence-corrected chi connectivity index (χ1v) is 38.4. The van der Waals surface area contributed by atoms with Gasteiger partial charge in [0.1, 0.15) is 66.0 Å². The van der Waals surface area contributed by atoms with Gasteiger partial charge in [0.15, 0.2) is 0 Å². The van der Waals surface area contributed by atoms with E-state index >= 15 is 33.2 Å². The highest BCUT2D eigenvalue weighted by molar-refractivity contribution is 6.00. The summed E-state index contributed by atoms with van der Waals surface area (Å²) in [5.74, 6) is -9.02. The fourth-order valence-corrected chi connectivity index (χ4v) is 15.0. The van der Waals surface area contributed by atoms with Crippen molar-refractivity contribution in [3.8, 4) is 5.75 Å². The number of carbonyl (C=O) groups excluding carboxylic acids is 12. The van der Waals surface area contributed by atoms with Crippen LogP contribution in [0.5, 0.6) is 5.75 Å². The molecule has 1 aromatic heterocycles. The highest BCUT2D eigenvalue weighted by Gasteiger charge is 2.50. The van der Waals surface area contributed by atoms with E-state index in [4.69, 9.17) is 9.47 Å². The predicted molar refractivity (Wildman–Crippen MR) is 404 cm³/mol. The maximum absolute atomic E-state index is 16.2. The van der Waals surface area contributed by atoms with Crippen molar-refractivity contribution >= 4 is 81.8 Å². The van der Waals surface area contributed by atoms with E-state index in [1.54, 1.807) is 72.6 Å². The molecule has 6 aliphatic heterocycles. The monoisotopic (exact) mass is 1520 g/mol. The summed E-state index contributed by atoms with van der Waals surface area (Å²) < 4.78 is 29.4. The first kappa shape index (κ1) is 82.2. The molecule has 12 amide bonds. The summed E-state index contributed by atoms with van der Waals surface area (Å²) in [6.45, 7) is 4.73. The van der Waals surface area contributed by atoms with Gasteiger partial charge in [-0.2, -0.15) is 0 Å². The van der Waals surface area contributed by atoms with Crippen LogP contribution in [0.25, 0.3) is 10.9 Å². The number of benzene rings is 4. The molecule has 0 saturated carbocycles. The van der Waals surface area contributed by atoms with Crippen molar-refractivity contribution in [3.05, 3.63) is 136 Å². The second-order valence-electron chi connectivity index (χ2n) is 29.6. The molecule has 10 atom stereocenters. The number of aliphatic hydroxyl groups is 1. The third-order valence-corrected chi connectivity index (χ3v) is 21.3.